The van der Waals surface area contributed by atoms with E-state index in [-0.39, 0.29) is 16.3 Å². The van der Waals surface area contributed by atoms with Gasteiger partial charge < -0.3 is 14.6 Å². The molecule has 0 aliphatic heterocycles. The van der Waals surface area contributed by atoms with E-state index < -0.39 is 17.5 Å². The summed E-state index contributed by atoms with van der Waals surface area (Å²) in [5.74, 6) is -2.32. The minimum Gasteiger partial charge on any atom is -0.503 e. The van der Waals surface area contributed by atoms with Gasteiger partial charge in [0.1, 0.15) is 5.15 Å². The van der Waals surface area contributed by atoms with E-state index in [1.165, 1.54) is 12.1 Å². The van der Waals surface area contributed by atoms with Gasteiger partial charge in [0.05, 0.1) is 5.39 Å². The van der Waals surface area contributed by atoms with Crippen molar-refractivity contribution in [2.45, 2.75) is 0 Å². The lowest BCUT2D eigenvalue weighted by Gasteiger charge is -1.87. The Bertz CT molecular complexity index is 519. The molecule has 0 unspecified atom stereocenters. The molecule has 0 fully saturated rings. The average Bonchev–Trinajstić information content (AvgIpc) is 2.43. The minimum absolute atomic E-state index is 0.00685. The topological polar surface area (TPSA) is 83.6 Å². The first-order valence-electron chi connectivity index (χ1n) is 3.61. The predicted molar refractivity (Wildman–Crippen MR) is 47.6 cm³/mol. The number of aromatic nitrogens is 1. The van der Waals surface area contributed by atoms with Gasteiger partial charge >= 0.3 is 5.97 Å². The first kappa shape index (κ1) is 8.83. The standard InChI is InChI=1S/C8H4ClNO4/c9-4-2-1-3-5(11)6(8(12)13)14-7(3)10-4/h1-2,11H,(H,12,13). The third kappa shape index (κ3) is 1.18. The average molecular weight is 214 g/mol. The van der Waals surface area contributed by atoms with E-state index in [2.05, 4.69) is 4.98 Å². The lowest BCUT2D eigenvalue weighted by atomic mass is 10.3. The zero-order valence-corrected chi connectivity index (χ0v) is 7.45. The van der Waals surface area contributed by atoms with E-state index in [0.717, 1.165) is 0 Å². The Morgan fingerprint density at radius 1 is 1.50 bits per heavy atom. The van der Waals surface area contributed by atoms with Crippen LogP contribution in [0.3, 0.4) is 0 Å². The summed E-state index contributed by atoms with van der Waals surface area (Å²) in [6, 6.07) is 2.88. The summed E-state index contributed by atoms with van der Waals surface area (Å²) in [6.45, 7) is 0. The Morgan fingerprint density at radius 3 is 2.86 bits per heavy atom. The van der Waals surface area contributed by atoms with Crippen molar-refractivity contribution in [3.63, 3.8) is 0 Å². The molecule has 0 aromatic carbocycles. The number of aromatic hydroxyl groups is 1. The highest BCUT2D eigenvalue weighted by Gasteiger charge is 2.19. The normalized spacial score (nSPS) is 10.6. The largest absolute Gasteiger partial charge is 0.503 e. The predicted octanol–water partition coefficient (Wildman–Crippen LogP) is 1.89. The van der Waals surface area contributed by atoms with Gasteiger partial charge in [-0.15, -0.1) is 0 Å². The van der Waals surface area contributed by atoms with Gasteiger partial charge in [-0.3, -0.25) is 0 Å². The van der Waals surface area contributed by atoms with Crippen LogP contribution in [-0.4, -0.2) is 21.2 Å². The van der Waals surface area contributed by atoms with Crippen LogP contribution in [0.25, 0.3) is 11.1 Å². The van der Waals surface area contributed by atoms with Crippen molar-refractivity contribution in [1.82, 2.24) is 4.98 Å². The Morgan fingerprint density at radius 2 is 2.21 bits per heavy atom. The number of pyridine rings is 1. The van der Waals surface area contributed by atoms with E-state index in [0.29, 0.717) is 0 Å². The summed E-state index contributed by atoms with van der Waals surface area (Å²) in [5.41, 5.74) is 0.00685. The molecule has 2 aromatic rings. The number of carboxylic acid groups (broad SMARTS) is 1. The SMILES string of the molecule is O=C(O)c1oc2nc(Cl)ccc2c1O. The molecule has 0 bridgehead atoms. The number of hydrogen-bond acceptors (Lipinski definition) is 4. The summed E-state index contributed by atoms with van der Waals surface area (Å²) >= 11 is 5.56. The number of rotatable bonds is 1. The second-order valence-electron chi connectivity index (χ2n) is 2.57. The lowest BCUT2D eigenvalue weighted by molar-refractivity contribution is 0.0660. The van der Waals surface area contributed by atoms with Gasteiger partial charge in [-0.25, -0.2) is 9.78 Å². The Hall–Kier alpha value is -1.75. The fourth-order valence-electron chi connectivity index (χ4n) is 1.09. The number of hydrogen-bond donors (Lipinski definition) is 2. The highest BCUT2D eigenvalue weighted by Crippen LogP contribution is 2.31. The van der Waals surface area contributed by atoms with E-state index in [1.54, 1.807) is 0 Å². The summed E-state index contributed by atoms with van der Waals surface area (Å²) in [5, 5.41) is 18.4. The molecule has 2 aromatic heterocycles. The zero-order chi connectivity index (χ0) is 10.3. The van der Waals surface area contributed by atoms with E-state index in [9.17, 15) is 9.90 Å². The highest BCUT2D eigenvalue weighted by molar-refractivity contribution is 6.29. The number of halogens is 1. The molecule has 6 heteroatoms. The fourth-order valence-corrected chi connectivity index (χ4v) is 1.23. The van der Waals surface area contributed by atoms with Crippen molar-refractivity contribution in [3.8, 4) is 5.75 Å². The summed E-state index contributed by atoms with van der Waals surface area (Å²) < 4.78 is 4.80. The van der Waals surface area contributed by atoms with Crippen molar-refractivity contribution in [2.75, 3.05) is 0 Å². The van der Waals surface area contributed by atoms with Crippen molar-refractivity contribution >= 4 is 28.7 Å². The van der Waals surface area contributed by atoms with Crippen molar-refractivity contribution in [1.29, 1.82) is 0 Å². The van der Waals surface area contributed by atoms with Gasteiger partial charge in [0.2, 0.25) is 5.71 Å². The maximum atomic E-state index is 10.6. The molecule has 0 saturated carbocycles. The third-order valence-corrected chi connectivity index (χ3v) is 1.90. The second kappa shape index (κ2) is 2.88. The molecule has 2 heterocycles. The molecule has 14 heavy (non-hydrogen) atoms. The van der Waals surface area contributed by atoms with Crippen molar-refractivity contribution < 1.29 is 19.4 Å². The van der Waals surface area contributed by atoms with Crippen LogP contribution in [0.1, 0.15) is 10.6 Å². The molecule has 2 rings (SSSR count). The number of aromatic carboxylic acids is 1. The molecule has 5 nitrogen and oxygen atoms in total. The van der Waals surface area contributed by atoms with Crippen LogP contribution in [0, 0.1) is 0 Å². The van der Waals surface area contributed by atoms with Crippen LogP contribution >= 0.6 is 11.6 Å². The number of furan rings is 1. The molecular formula is C8H4ClNO4. The van der Waals surface area contributed by atoms with Crippen LogP contribution in [-0.2, 0) is 0 Å². The zero-order valence-electron chi connectivity index (χ0n) is 6.69. The summed E-state index contributed by atoms with van der Waals surface area (Å²) in [6.07, 6.45) is 0. The molecule has 0 aliphatic carbocycles. The Labute approximate surface area is 82.5 Å². The second-order valence-corrected chi connectivity index (χ2v) is 2.96. The van der Waals surface area contributed by atoms with Crippen LogP contribution in [0.4, 0.5) is 0 Å². The first-order valence-corrected chi connectivity index (χ1v) is 3.98. The smallest absolute Gasteiger partial charge is 0.375 e. The van der Waals surface area contributed by atoms with Crippen molar-refractivity contribution in [3.05, 3.63) is 23.0 Å². The fraction of sp³-hybridized carbons (Fsp3) is 0. The molecule has 0 atom stereocenters. The van der Waals surface area contributed by atoms with Gasteiger partial charge in [0.15, 0.2) is 5.75 Å². The number of fused-ring (bicyclic) bond motifs is 1. The molecule has 72 valence electrons. The number of carboxylic acids is 1. The van der Waals surface area contributed by atoms with E-state index in [4.69, 9.17) is 21.1 Å². The molecular weight excluding hydrogens is 210 g/mol. The molecule has 0 aliphatic rings. The van der Waals surface area contributed by atoms with Crippen LogP contribution in [0.2, 0.25) is 5.15 Å². The monoisotopic (exact) mass is 213 g/mol. The third-order valence-electron chi connectivity index (χ3n) is 1.69. The molecule has 0 amide bonds. The Balaban J connectivity index is 2.79. The number of carbonyl (C=O) groups is 1. The van der Waals surface area contributed by atoms with Crippen LogP contribution in [0.5, 0.6) is 5.75 Å². The molecule has 0 spiro atoms. The van der Waals surface area contributed by atoms with Gasteiger partial charge in [-0.1, -0.05) is 11.6 Å². The highest BCUT2D eigenvalue weighted by atomic mass is 35.5. The molecule has 2 N–H and O–H groups in total. The van der Waals surface area contributed by atoms with E-state index in [1.807, 2.05) is 0 Å². The van der Waals surface area contributed by atoms with Gasteiger partial charge in [-0.05, 0) is 12.1 Å². The van der Waals surface area contributed by atoms with Crippen molar-refractivity contribution in [2.24, 2.45) is 0 Å². The summed E-state index contributed by atoms with van der Waals surface area (Å²) in [7, 11) is 0. The lowest BCUT2D eigenvalue weighted by Crippen LogP contribution is -1.92. The quantitative estimate of drug-likeness (QED) is 0.707. The minimum atomic E-state index is -1.35. The maximum absolute atomic E-state index is 10.6. The molecule has 0 radical (unpaired) electrons. The van der Waals surface area contributed by atoms with E-state index >= 15 is 0 Å². The first-order chi connectivity index (χ1) is 6.59. The maximum Gasteiger partial charge on any atom is 0.375 e. The number of nitrogens with zero attached hydrogens (tertiary/aromatic N) is 1. The van der Waals surface area contributed by atoms with Crippen LogP contribution in [0.15, 0.2) is 16.5 Å². The summed E-state index contributed by atoms with van der Waals surface area (Å²) in [4.78, 5) is 14.3. The van der Waals surface area contributed by atoms with Gasteiger partial charge in [-0.2, -0.15) is 0 Å². The van der Waals surface area contributed by atoms with Crippen LogP contribution < -0.4 is 0 Å². The van der Waals surface area contributed by atoms with Gasteiger partial charge in [0, 0.05) is 0 Å². The van der Waals surface area contributed by atoms with Gasteiger partial charge in [0.25, 0.3) is 5.76 Å². The Kier molecular flexibility index (Phi) is 1.82. The molecule has 0 saturated heterocycles.